The molecule has 1 aliphatic heterocycles. The predicted molar refractivity (Wildman–Crippen MR) is 96.6 cm³/mol. The molecule has 142 valence electrons. The van der Waals surface area contributed by atoms with Crippen LogP contribution in [0.3, 0.4) is 0 Å². The summed E-state index contributed by atoms with van der Waals surface area (Å²) < 4.78 is 26.6. The fourth-order valence-electron chi connectivity index (χ4n) is 3.05. The third kappa shape index (κ3) is 3.61. The molecule has 1 atom stereocenters. The molecule has 0 saturated carbocycles. The fraction of sp³-hybridized carbons (Fsp3) is 0.412. The number of benzene rings is 1. The lowest BCUT2D eigenvalue weighted by Gasteiger charge is -2.36. The number of hydrogen-bond donors (Lipinski definition) is 1. The van der Waals surface area contributed by atoms with Gasteiger partial charge < -0.3 is 24.3 Å². The van der Waals surface area contributed by atoms with Crippen molar-refractivity contribution in [3.63, 3.8) is 0 Å². The third-order valence-corrected chi connectivity index (χ3v) is 4.36. The Kier molecular flexibility index (Phi) is 6.44. The average Bonchev–Trinajstić information content (AvgIpc) is 3.06. The van der Waals surface area contributed by atoms with Gasteiger partial charge in [-0.25, -0.2) is 9.37 Å². The molecular weight excluding hydrogens is 363 g/mol. The summed E-state index contributed by atoms with van der Waals surface area (Å²) in [7, 11) is 4.74. The van der Waals surface area contributed by atoms with Gasteiger partial charge in [-0.2, -0.15) is 0 Å². The Labute approximate surface area is 157 Å². The number of amides is 1. The standard InChI is InChI=1S/C17H21FN4O3.ClH/c1-21-6-5-20-16(21)13-10-19-4-7-22(13)17(23)11-8-14(24-2)15(25-3)9-12(11)18;/h5-6,8-9,13,19H,4,7,10H2,1-3H3;1H. The molecule has 1 N–H and O–H groups in total. The van der Waals surface area contributed by atoms with Crippen LogP contribution in [0.15, 0.2) is 24.5 Å². The first-order chi connectivity index (χ1) is 12.1. The van der Waals surface area contributed by atoms with E-state index in [2.05, 4.69) is 10.3 Å². The monoisotopic (exact) mass is 384 g/mol. The lowest BCUT2D eigenvalue weighted by molar-refractivity contribution is 0.0615. The Morgan fingerprint density at radius 3 is 2.62 bits per heavy atom. The second kappa shape index (κ2) is 8.37. The highest BCUT2D eigenvalue weighted by molar-refractivity contribution is 5.95. The summed E-state index contributed by atoms with van der Waals surface area (Å²) in [6.07, 6.45) is 3.51. The van der Waals surface area contributed by atoms with E-state index in [0.29, 0.717) is 25.4 Å². The first-order valence-corrected chi connectivity index (χ1v) is 7.97. The van der Waals surface area contributed by atoms with Crippen molar-refractivity contribution in [1.29, 1.82) is 0 Å². The fourth-order valence-corrected chi connectivity index (χ4v) is 3.05. The number of carbonyl (C=O) groups is 1. The molecule has 1 aromatic carbocycles. The van der Waals surface area contributed by atoms with Crippen LogP contribution in [0, 0.1) is 5.82 Å². The van der Waals surface area contributed by atoms with Gasteiger partial charge in [-0.05, 0) is 6.07 Å². The number of carbonyl (C=O) groups excluding carboxylic acids is 1. The average molecular weight is 385 g/mol. The Hall–Kier alpha value is -2.32. The molecule has 1 amide bonds. The molecule has 1 saturated heterocycles. The van der Waals surface area contributed by atoms with Gasteiger partial charge in [-0.1, -0.05) is 0 Å². The van der Waals surface area contributed by atoms with Gasteiger partial charge in [-0.3, -0.25) is 4.79 Å². The van der Waals surface area contributed by atoms with E-state index in [-0.39, 0.29) is 29.8 Å². The van der Waals surface area contributed by atoms with Gasteiger partial charge in [0, 0.05) is 45.1 Å². The molecule has 2 heterocycles. The number of aromatic nitrogens is 2. The van der Waals surface area contributed by atoms with Gasteiger partial charge in [0.05, 0.1) is 19.8 Å². The summed E-state index contributed by atoms with van der Waals surface area (Å²) in [6, 6.07) is 2.28. The summed E-state index contributed by atoms with van der Waals surface area (Å²) in [5.41, 5.74) is -0.0428. The van der Waals surface area contributed by atoms with Crippen molar-refractivity contribution < 1.29 is 18.7 Å². The Bertz CT molecular complexity index is 783. The lowest BCUT2D eigenvalue weighted by atomic mass is 10.1. The van der Waals surface area contributed by atoms with Crippen molar-refractivity contribution >= 4 is 18.3 Å². The van der Waals surface area contributed by atoms with Crippen molar-refractivity contribution in [3.8, 4) is 11.5 Å². The number of nitrogens with one attached hydrogen (secondary N) is 1. The van der Waals surface area contributed by atoms with Crippen molar-refractivity contribution in [1.82, 2.24) is 19.8 Å². The molecule has 3 rings (SSSR count). The zero-order valence-corrected chi connectivity index (χ0v) is 15.7. The van der Waals surface area contributed by atoms with Crippen molar-refractivity contribution in [2.45, 2.75) is 6.04 Å². The van der Waals surface area contributed by atoms with Crippen LogP contribution < -0.4 is 14.8 Å². The molecule has 1 aromatic heterocycles. The van der Waals surface area contributed by atoms with Crippen LogP contribution >= 0.6 is 12.4 Å². The maximum Gasteiger partial charge on any atom is 0.257 e. The second-order valence-corrected chi connectivity index (χ2v) is 5.80. The smallest absolute Gasteiger partial charge is 0.257 e. The molecule has 1 unspecified atom stereocenters. The van der Waals surface area contributed by atoms with Gasteiger partial charge >= 0.3 is 0 Å². The minimum absolute atomic E-state index is 0. The summed E-state index contributed by atoms with van der Waals surface area (Å²) in [5.74, 6) is 0.280. The van der Waals surface area contributed by atoms with E-state index in [1.54, 1.807) is 11.1 Å². The Morgan fingerprint density at radius 1 is 1.31 bits per heavy atom. The van der Waals surface area contributed by atoms with Gasteiger partial charge in [0.1, 0.15) is 17.7 Å². The Morgan fingerprint density at radius 2 is 2.00 bits per heavy atom. The lowest BCUT2D eigenvalue weighted by Crippen LogP contribution is -2.49. The first-order valence-electron chi connectivity index (χ1n) is 7.97. The van der Waals surface area contributed by atoms with Crippen molar-refractivity contribution in [2.75, 3.05) is 33.9 Å². The number of hydrogen-bond acceptors (Lipinski definition) is 5. The molecule has 7 nitrogen and oxygen atoms in total. The molecule has 26 heavy (non-hydrogen) atoms. The van der Waals surface area contributed by atoms with Gasteiger partial charge in [-0.15, -0.1) is 12.4 Å². The quantitative estimate of drug-likeness (QED) is 0.870. The van der Waals surface area contributed by atoms with E-state index >= 15 is 0 Å². The molecule has 0 spiro atoms. The predicted octanol–water partition coefficient (Wildman–Crippen LogP) is 1.78. The van der Waals surface area contributed by atoms with Crippen molar-refractivity contribution in [2.24, 2.45) is 7.05 Å². The molecule has 1 fully saturated rings. The van der Waals surface area contributed by atoms with Crippen LogP contribution in [-0.2, 0) is 7.05 Å². The van der Waals surface area contributed by atoms with E-state index < -0.39 is 11.7 Å². The number of aryl methyl sites for hydroxylation is 1. The number of rotatable bonds is 4. The van der Waals surface area contributed by atoms with Crippen LogP contribution in [-0.4, -0.2) is 54.2 Å². The third-order valence-electron chi connectivity index (χ3n) is 4.36. The summed E-state index contributed by atoms with van der Waals surface area (Å²) in [5, 5.41) is 3.26. The van der Waals surface area contributed by atoms with Crippen LogP contribution in [0.25, 0.3) is 0 Å². The normalized spacial score (nSPS) is 16.8. The summed E-state index contributed by atoms with van der Waals surface area (Å²) >= 11 is 0. The van der Waals surface area contributed by atoms with Gasteiger partial charge in [0.2, 0.25) is 0 Å². The molecule has 9 heteroatoms. The number of piperazine rings is 1. The Balaban J connectivity index is 0.00000243. The maximum absolute atomic E-state index is 14.5. The SMILES string of the molecule is COc1cc(F)c(C(=O)N2CCNCC2c2nccn2C)cc1OC.Cl. The van der Waals surface area contributed by atoms with E-state index in [9.17, 15) is 9.18 Å². The maximum atomic E-state index is 14.5. The minimum atomic E-state index is -0.639. The van der Waals surface area contributed by atoms with Gasteiger partial charge in [0.15, 0.2) is 11.5 Å². The molecule has 2 aromatic rings. The van der Waals surface area contributed by atoms with Crippen molar-refractivity contribution in [3.05, 3.63) is 41.7 Å². The first kappa shape index (κ1) is 20.0. The number of methoxy groups -OCH3 is 2. The van der Waals surface area contributed by atoms with Gasteiger partial charge in [0.25, 0.3) is 5.91 Å². The van der Waals surface area contributed by atoms with E-state index in [0.717, 1.165) is 5.82 Å². The van der Waals surface area contributed by atoms with Crippen LogP contribution in [0.1, 0.15) is 22.2 Å². The number of ether oxygens (including phenoxy) is 2. The van der Waals surface area contributed by atoms with E-state index in [1.165, 1.54) is 26.4 Å². The summed E-state index contributed by atoms with van der Waals surface area (Å²) in [4.78, 5) is 19.0. The number of halogens is 2. The van der Waals surface area contributed by atoms with Crippen LogP contribution in [0.4, 0.5) is 4.39 Å². The largest absolute Gasteiger partial charge is 0.493 e. The highest BCUT2D eigenvalue weighted by Crippen LogP contribution is 2.32. The zero-order chi connectivity index (χ0) is 18.0. The summed E-state index contributed by atoms with van der Waals surface area (Å²) in [6.45, 7) is 1.66. The zero-order valence-electron chi connectivity index (χ0n) is 14.9. The molecule has 0 radical (unpaired) electrons. The highest BCUT2D eigenvalue weighted by atomic mass is 35.5. The number of imidazole rings is 1. The highest BCUT2D eigenvalue weighted by Gasteiger charge is 2.32. The second-order valence-electron chi connectivity index (χ2n) is 5.80. The minimum Gasteiger partial charge on any atom is -0.493 e. The molecular formula is C17H22ClFN4O3. The van der Waals surface area contributed by atoms with Crippen LogP contribution in [0.2, 0.25) is 0 Å². The molecule has 0 bridgehead atoms. The van der Waals surface area contributed by atoms with E-state index in [4.69, 9.17) is 9.47 Å². The number of nitrogens with zero attached hydrogens (tertiary/aromatic N) is 3. The molecule has 1 aliphatic rings. The molecule has 0 aliphatic carbocycles. The topological polar surface area (TPSA) is 68.6 Å². The van der Waals surface area contributed by atoms with Crippen LogP contribution in [0.5, 0.6) is 11.5 Å². The van der Waals surface area contributed by atoms with E-state index in [1.807, 2.05) is 17.8 Å².